The van der Waals surface area contributed by atoms with Crippen molar-refractivity contribution < 1.29 is 22.3 Å². The van der Waals surface area contributed by atoms with Crippen LogP contribution in [0.1, 0.15) is 18.4 Å². The standard InChI is InChI=1S/C19H18ClNO5S/c1-4-27(22,23)13-6-7-16-15(11-13)21-18(26-16)8-5-12-9-14(20)19(25-3)17(10-12)24-2/h5-11H,4H2,1-3H3/b8-5+. The Labute approximate surface area is 162 Å². The maximum atomic E-state index is 12.0. The minimum absolute atomic E-state index is 0.0309. The van der Waals surface area contributed by atoms with E-state index in [4.69, 9.17) is 25.5 Å². The van der Waals surface area contributed by atoms with E-state index in [1.807, 2.05) is 0 Å². The van der Waals surface area contributed by atoms with Gasteiger partial charge in [0.2, 0.25) is 5.89 Å². The molecule has 8 heteroatoms. The van der Waals surface area contributed by atoms with Crippen molar-refractivity contribution >= 4 is 44.7 Å². The Morgan fingerprint density at radius 3 is 2.59 bits per heavy atom. The summed E-state index contributed by atoms with van der Waals surface area (Å²) in [4.78, 5) is 4.56. The number of hydrogen-bond acceptors (Lipinski definition) is 6. The third-order valence-electron chi connectivity index (χ3n) is 3.99. The Hall–Kier alpha value is -2.51. The molecule has 0 saturated heterocycles. The van der Waals surface area contributed by atoms with Gasteiger partial charge in [-0.05, 0) is 42.0 Å². The fourth-order valence-electron chi connectivity index (χ4n) is 2.56. The molecule has 0 fully saturated rings. The van der Waals surface area contributed by atoms with E-state index in [1.54, 1.807) is 37.3 Å². The fraction of sp³-hybridized carbons (Fsp3) is 0.211. The maximum Gasteiger partial charge on any atom is 0.220 e. The molecule has 0 unspecified atom stereocenters. The molecule has 0 spiro atoms. The van der Waals surface area contributed by atoms with Crippen LogP contribution in [0.15, 0.2) is 39.6 Å². The van der Waals surface area contributed by atoms with Crippen molar-refractivity contribution in [2.45, 2.75) is 11.8 Å². The summed E-state index contributed by atoms with van der Waals surface area (Å²) in [6.45, 7) is 1.60. The molecule has 0 atom stereocenters. The second-order valence-corrected chi connectivity index (χ2v) is 8.34. The van der Waals surface area contributed by atoms with Crippen molar-refractivity contribution in [1.29, 1.82) is 0 Å². The SMILES string of the molecule is CCS(=O)(=O)c1ccc2oc(/C=C/c3cc(Cl)c(OC)c(OC)c3)nc2c1. The molecule has 0 bridgehead atoms. The predicted molar refractivity (Wildman–Crippen MR) is 105 cm³/mol. The Bertz CT molecular complexity index is 1120. The lowest BCUT2D eigenvalue weighted by Gasteiger charge is -2.09. The molecule has 0 aliphatic rings. The summed E-state index contributed by atoms with van der Waals surface area (Å²) in [5.41, 5.74) is 1.76. The molecule has 3 rings (SSSR count). The summed E-state index contributed by atoms with van der Waals surface area (Å²) in [5, 5.41) is 0.420. The molecule has 142 valence electrons. The van der Waals surface area contributed by atoms with Crippen LogP contribution in [0, 0.1) is 0 Å². The Balaban J connectivity index is 1.94. The molecule has 0 radical (unpaired) electrons. The van der Waals surface area contributed by atoms with E-state index in [2.05, 4.69) is 4.98 Å². The van der Waals surface area contributed by atoms with E-state index < -0.39 is 9.84 Å². The van der Waals surface area contributed by atoms with Crippen molar-refractivity contribution in [3.8, 4) is 11.5 Å². The molecule has 27 heavy (non-hydrogen) atoms. The van der Waals surface area contributed by atoms with E-state index in [-0.39, 0.29) is 10.6 Å². The summed E-state index contributed by atoms with van der Waals surface area (Å²) >= 11 is 6.20. The van der Waals surface area contributed by atoms with Gasteiger partial charge in [-0.15, -0.1) is 0 Å². The lowest BCUT2D eigenvalue weighted by atomic mass is 10.2. The number of aromatic nitrogens is 1. The number of methoxy groups -OCH3 is 2. The minimum atomic E-state index is -3.29. The monoisotopic (exact) mass is 407 g/mol. The maximum absolute atomic E-state index is 12.0. The Morgan fingerprint density at radius 2 is 1.93 bits per heavy atom. The van der Waals surface area contributed by atoms with Gasteiger partial charge < -0.3 is 13.9 Å². The summed E-state index contributed by atoms with van der Waals surface area (Å²) < 4.78 is 40.1. The topological polar surface area (TPSA) is 78.6 Å². The highest BCUT2D eigenvalue weighted by atomic mass is 35.5. The molecule has 2 aromatic carbocycles. The molecule has 0 aliphatic heterocycles. The first-order valence-corrected chi connectivity index (χ1v) is 10.1. The molecule has 0 N–H and O–H groups in total. The van der Waals surface area contributed by atoms with Crippen LogP contribution >= 0.6 is 11.6 Å². The molecule has 0 amide bonds. The second-order valence-electron chi connectivity index (χ2n) is 5.66. The van der Waals surface area contributed by atoms with Crippen LogP contribution in [0.5, 0.6) is 11.5 Å². The lowest BCUT2D eigenvalue weighted by Crippen LogP contribution is -2.03. The van der Waals surface area contributed by atoms with Crippen molar-refractivity contribution in [3.63, 3.8) is 0 Å². The highest BCUT2D eigenvalue weighted by Crippen LogP contribution is 2.36. The quantitative estimate of drug-likeness (QED) is 0.600. The Morgan fingerprint density at radius 1 is 1.15 bits per heavy atom. The third kappa shape index (κ3) is 3.94. The van der Waals surface area contributed by atoms with E-state index in [1.165, 1.54) is 26.4 Å². The molecular formula is C19H18ClNO5S. The second kappa shape index (κ2) is 7.62. The molecule has 0 aliphatic carbocycles. The average Bonchev–Trinajstić information content (AvgIpc) is 3.07. The third-order valence-corrected chi connectivity index (χ3v) is 6.00. The van der Waals surface area contributed by atoms with Crippen molar-refractivity contribution in [1.82, 2.24) is 4.98 Å². The smallest absolute Gasteiger partial charge is 0.220 e. The van der Waals surface area contributed by atoms with Gasteiger partial charge in [0.05, 0.1) is 29.9 Å². The number of sulfone groups is 1. The molecule has 0 saturated carbocycles. The average molecular weight is 408 g/mol. The molecule has 1 aromatic heterocycles. The van der Waals surface area contributed by atoms with Gasteiger partial charge in [0.1, 0.15) is 5.52 Å². The van der Waals surface area contributed by atoms with Gasteiger partial charge in [-0.25, -0.2) is 13.4 Å². The normalized spacial score (nSPS) is 12.0. The van der Waals surface area contributed by atoms with Crippen LogP contribution < -0.4 is 9.47 Å². The first kappa shape index (κ1) is 19.3. The molecular weight excluding hydrogens is 390 g/mol. The number of rotatable bonds is 6. The van der Waals surface area contributed by atoms with Crippen molar-refractivity contribution in [2.75, 3.05) is 20.0 Å². The minimum Gasteiger partial charge on any atom is -0.493 e. The molecule has 1 heterocycles. The van der Waals surface area contributed by atoms with Crippen molar-refractivity contribution in [3.05, 3.63) is 46.8 Å². The molecule has 6 nitrogen and oxygen atoms in total. The highest BCUT2D eigenvalue weighted by molar-refractivity contribution is 7.91. The number of nitrogens with zero attached hydrogens (tertiary/aromatic N) is 1. The number of oxazole rings is 1. The summed E-state index contributed by atoms with van der Waals surface area (Å²) in [7, 11) is -0.244. The van der Waals surface area contributed by atoms with Crippen molar-refractivity contribution in [2.24, 2.45) is 0 Å². The summed E-state index contributed by atoms with van der Waals surface area (Å²) in [6, 6.07) is 8.15. The van der Waals surface area contributed by atoms with Crippen LogP contribution in [0.2, 0.25) is 5.02 Å². The lowest BCUT2D eigenvalue weighted by molar-refractivity contribution is 0.355. The van der Waals surface area contributed by atoms with Gasteiger partial charge in [-0.2, -0.15) is 0 Å². The fourth-order valence-corrected chi connectivity index (χ4v) is 3.75. The number of ether oxygens (including phenoxy) is 2. The van der Waals surface area contributed by atoms with E-state index in [0.29, 0.717) is 33.5 Å². The predicted octanol–water partition coefficient (Wildman–Crippen LogP) is 4.46. The van der Waals surface area contributed by atoms with Gasteiger partial charge in [0.15, 0.2) is 26.9 Å². The van der Waals surface area contributed by atoms with Crippen LogP contribution in [0.4, 0.5) is 0 Å². The van der Waals surface area contributed by atoms with E-state index in [0.717, 1.165) is 5.56 Å². The van der Waals surface area contributed by atoms with Crippen LogP contribution in [-0.2, 0) is 9.84 Å². The number of benzene rings is 2. The number of fused-ring (bicyclic) bond motifs is 1. The van der Waals surface area contributed by atoms with Gasteiger partial charge in [0.25, 0.3) is 0 Å². The van der Waals surface area contributed by atoms with Gasteiger partial charge in [0, 0.05) is 6.08 Å². The zero-order valence-corrected chi connectivity index (χ0v) is 16.6. The first-order valence-electron chi connectivity index (χ1n) is 8.11. The van der Waals surface area contributed by atoms with Gasteiger partial charge in [-0.3, -0.25) is 0 Å². The Kier molecular flexibility index (Phi) is 5.43. The zero-order chi connectivity index (χ0) is 19.6. The van der Waals surface area contributed by atoms with E-state index >= 15 is 0 Å². The van der Waals surface area contributed by atoms with Crippen LogP contribution in [0.25, 0.3) is 23.3 Å². The van der Waals surface area contributed by atoms with Gasteiger partial charge in [-0.1, -0.05) is 18.5 Å². The summed E-state index contributed by atoms with van der Waals surface area (Å²) in [6.07, 6.45) is 3.44. The van der Waals surface area contributed by atoms with E-state index in [9.17, 15) is 8.42 Å². The number of halogens is 1. The van der Waals surface area contributed by atoms with Crippen LogP contribution in [-0.4, -0.2) is 33.4 Å². The zero-order valence-electron chi connectivity index (χ0n) is 15.0. The van der Waals surface area contributed by atoms with Gasteiger partial charge >= 0.3 is 0 Å². The molecule has 3 aromatic rings. The largest absolute Gasteiger partial charge is 0.493 e. The first-order chi connectivity index (χ1) is 12.9. The highest BCUT2D eigenvalue weighted by Gasteiger charge is 2.14. The van der Waals surface area contributed by atoms with Crippen LogP contribution in [0.3, 0.4) is 0 Å². The number of hydrogen-bond donors (Lipinski definition) is 0. The summed E-state index contributed by atoms with van der Waals surface area (Å²) in [5.74, 6) is 1.35.